The van der Waals surface area contributed by atoms with Gasteiger partial charge in [-0.25, -0.2) is 9.59 Å². The number of piperidine rings is 2. The molecule has 0 bridgehead atoms. The lowest BCUT2D eigenvalue weighted by Gasteiger charge is -2.43. The third kappa shape index (κ3) is 7.78. The number of hydrogen-bond acceptors (Lipinski definition) is 6. The maximum Gasteiger partial charge on any atom is 0.418 e. The molecule has 3 saturated heterocycles. The standard InChI is InChI=1S/C36H46F3N9O3/c1-44-11-7-27(8-12-44)45-16-18-46(19-17-45)33(49)31(22-24-20-26-23-40-43-32(26)29(21-24)36(37,38)39)42-34(50)47-13-9-28(10-14-47)48-15-6-25-4-2-3-5-30(25)41-35(48)51/h2-5,20-21,23,27-28,31H,6-19,22H2,1H3,(H,40,43)(H,41,51)(H,42,50). The van der Waals surface area contributed by atoms with Gasteiger partial charge in [0.05, 0.1) is 17.3 Å². The molecule has 1 atom stereocenters. The summed E-state index contributed by atoms with van der Waals surface area (Å²) in [6.45, 7) is 5.79. The van der Waals surface area contributed by atoms with Crippen molar-refractivity contribution in [3.63, 3.8) is 0 Å². The van der Waals surface area contributed by atoms with Crippen LogP contribution < -0.4 is 10.6 Å². The van der Waals surface area contributed by atoms with Crippen molar-refractivity contribution in [1.82, 2.24) is 40.0 Å². The van der Waals surface area contributed by atoms with Crippen molar-refractivity contribution < 1.29 is 27.6 Å². The molecule has 51 heavy (non-hydrogen) atoms. The fourth-order valence-corrected chi connectivity index (χ4v) is 8.14. The Balaban J connectivity index is 1.03. The number of para-hydroxylation sites is 1. The Labute approximate surface area is 295 Å². The number of H-pyrrole nitrogens is 1. The number of benzene rings is 2. The quantitative estimate of drug-likeness (QED) is 0.356. The first-order valence-electron chi connectivity index (χ1n) is 18.0. The fourth-order valence-electron chi connectivity index (χ4n) is 8.14. The van der Waals surface area contributed by atoms with Gasteiger partial charge in [-0.15, -0.1) is 0 Å². The third-order valence-corrected chi connectivity index (χ3v) is 11.1. The first-order chi connectivity index (χ1) is 24.5. The Bertz CT molecular complexity index is 1730. The minimum absolute atomic E-state index is 0.0517. The number of aromatic nitrogens is 2. The van der Waals surface area contributed by atoms with Crippen molar-refractivity contribution in [1.29, 1.82) is 0 Å². The number of carbonyl (C=O) groups excluding carboxylic acids is 3. The van der Waals surface area contributed by atoms with E-state index in [1.807, 2.05) is 29.2 Å². The van der Waals surface area contributed by atoms with Gasteiger partial charge in [0.2, 0.25) is 5.91 Å². The SMILES string of the molecule is CN1CCC(N2CCN(C(=O)C(Cc3cc(C(F)(F)F)c4[nH]ncc4c3)NC(=O)N3CCC(N4CCc5ccccc5NC4=O)CC3)CC2)CC1. The van der Waals surface area contributed by atoms with E-state index in [1.54, 1.807) is 15.9 Å². The zero-order chi connectivity index (χ0) is 35.7. The molecule has 2 aromatic carbocycles. The average molecular weight is 710 g/mol. The molecule has 15 heteroatoms. The van der Waals surface area contributed by atoms with Crippen LogP contribution in [0.1, 0.15) is 42.4 Å². The minimum Gasteiger partial charge on any atom is -0.338 e. The van der Waals surface area contributed by atoms with Gasteiger partial charge < -0.3 is 30.2 Å². The zero-order valence-corrected chi connectivity index (χ0v) is 28.9. The average Bonchev–Trinajstić information content (AvgIpc) is 3.53. The second-order valence-electron chi connectivity index (χ2n) is 14.3. The Hall–Kier alpha value is -4.37. The maximum absolute atomic E-state index is 14.1. The summed E-state index contributed by atoms with van der Waals surface area (Å²) in [5.74, 6) is -0.303. The van der Waals surface area contributed by atoms with Gasteiger partial charge in [-0.3, -0.25) is 14.8 Å². The van der Waals surface area contributed by atoms with Crippen LogP contribution in [0.3, 0.4) is 0 Å². The number of nitrogens with one attached hydrogen (secondary N) is 3. The molecule has 0 radical (unpaired) electrons. The number of fused-ring (bicyclic) bond motifs is 2. The summed E-state index contributed by atoms with van der Waals surface area (Å²) in [5, 5.41) is 12.5. The van der Waals surface area contributed by atoms with Crippen LogP contribution in [-0.2, 0) is 23.8 Å². The van der Waals surface area contributed by atoms with Crippen LogP contribution in [0.2, 0.25) is 0 Å². The predicted octanol–water partition coefficient (Wildman–Crippen LogP) is 4.00. The summed E-state index contributed by atoms with van der Waals surface area (Å²) in [5.41, 5.74) is 1.20. The van der Waals surface area contributed by atoms with Crippen molar-refractivity contribution in [3.05, 3.63) is 59.3 Å². The summed E-state index contributed by atoms with van der Waals surface area (Å²) in [7, 11) is 2.12. The number of aromatic amines is 1. The van der Waals surface area contributed by atoms with Gasteiger partial charge in [0.1, 0.15) is 6.04 Å². The maximum atomic E-state index is 14.1. The molecule has 12 nitrogen and oxygen atoms in total. The number of carbonyl (C=O) groups is 3. The van der Waals surface area contributed by atoms with E-state index in [0.717, 1.165) is 49.7 Å². The molecule has 1 aromatic heterocycles. The fraction of sp³-hybridized carbons (Fsp3) is 0.556. The molecule has 7 rings (SSSR count). The second kappa shape index (κ2) is 14.7. The molecular weight excluding hydrogens is 663 g/mol. The van der Waals surface area contributed by atoms with E-state index < -0.39 is 23.8 Å². The molecule has 3 fully saturated rings. The molecule has 3 aromatic rings. The zero-order valence-electron chi connectivity index (χ0n) is 28.9. The molecule has 3 N–H and O–H groups in total. The molecule has 0 saturated carbocycles. The number of hydrogen-bond donors (Lipinski definition) is 3. The molecular formula is C36H46F3N9O3. The molecule has 274 valence electrons. The molecule has 0 aliphatic carbocycles. The largest absolute Gasteiger partial charge is 0.418 e. The Morgan fingerprint density at radius 3 is 2.35 bits per heavy atom. The number of amides is 5. The number of halogens is 3. The van der Waals surface area contributed by atoms with Crippen molar-refractivity contribution in [2.45, 2.75) is 62.8 Å². The summed E-state index contributed by atoms with van der Waals surface area (Å²) >= 11 is 0. The molecule has 4 aliphatic heterocycles. The summed E-state index contributed by atoms with van der Waals surface area (Å²) in [4.78, 5) is 51.0. The third-order valence-electron chi connectivity index (χ3n) is 11.1. The minimum atomic E-state index is -4.63. The number of alkyl halides is 3. The van der Waals surface area contributed by atoms with Crippen LogP contribution in [0.5, 0.6) is 0 Å². The van der Waals surface area contributed by atoms with Gasteiger partial charge in [-0.05, 0) is 81.6 Å². The van der Waals surface area contributed by atoms with E-state index in [2.05, 4.69) is 37.7 Å². The summed E-state index contributed by atoms with van der Waals surface area (Å²) in [6.07, 6.45) is 0.620. The van der Waals surface area contributed by atoms with Crippen molar-refractivity contribution in [2.75, 3.05) is 71.3 Å². The number of rotatable bonds is 6. The number of piperazine rings is 1. The highest BCUT2D eigenvalue weighted by molar-refractivity contribution is 5.91. The van der Waals surface area contributed by atoms with E-state index >= 15 is 0 Å². The number of nitrogens with zero attached hydrogens (tertiary/aromatic N) is 6. The van der Waals surface area contributed by atoms with Gasteiger partial charge in [0.25, 0.3) is 0 Å². The lowest BCUT2D eigenvalue weighted by Crippen LogP contribution is -2.59. The van der Waals surface area contributed by atoms with Gasteiger partial charge >= 0.3 is 18.2 Å². The molecule has 0 spiro atoms. The lowest BCUT2D eigenvalue weighted by atomic mass is 9.99. The normalized spacial score (nSPS) is 20.9. The second-order valence-corrected chi connectivity index (χ2v) is 14.3. The van der Waals surface area contributed by atoms with E-state index in [1.165, 1.54) is 6.20 Å². The molecule has 5 heterocycles. The summed E-state index contributed by atoms with van der Waals surface area (Å²) in [6, 6.07) is 9.15. The van der Waals surface area contributed by atoms with Gasteiger partial charge in [0.15, 0.2) is 0 Å². The number of likely N-dealkylation sites (tertiary alicyclic amines) is 2. The van der Waals surface area contributed by atoms with Crippen molar-refractivity contribution >= 4 is 34.6 Å². The highest BCUT2D eigenvalue weighted by Crippen LogP contribution is 2.35. The van der Waals surface area contributed by atoms with E-state index in [9.17, 15) is 27.6 Å². The van der Waals surface area contributed by atoms with Crippen molar-refractivity contribution in [3.8, 4) is 0 Å². The Morgan fingerprint density at radius 1 is 0.922 bits per heavy atom. The first-order valence-corrected chi connectivity index (χ1v) is 18.0. The van der Waals surface area contributed by atoms with Crippen LogP contribution in [0.4, 0.5) is 28.4 Å². The van der Waals surface area contributed by atoms with E-state index in [4.69, 9.17) is 0 Å². The Morgan fingerprint density at radius 2 is 1.63 bits per heavy atom. The summed E-state index contributed by atoms with van der Waals surface area (Å²) < 4.78 is 42.2. The highest BCUT2D eigenvalue weighted by atomic mass is 19.4. The van der Waals surface area contributed by atoms with Crippen LogP contribution in [0.15, 0.2) is 42.6 Å². The predicted molar refractivity (Wildman–Crippen MR) is 186 cm³/mol. The Kier molecular flexibility index (Phi) is 10.1. The molecule has 5 amide bonds. The van der Waals surface area contributed by atoms with Crippen molar-refractivity contribution in [2.24, 2.45) is 0 Å². The van der Waals surface area contributed by atoms with Gasteiger partial charge in [-0.1, -0.05) is 18.2 Å². The monoisotopic (exact) mass is 709 g/mol. The number of anilines is 1. The smallest absolute Gasteiger partial charge is 0.338 e. The molecule has 4 aliphatic rings. The van der Waals surface area contributed by atoms with Gasteiger partial charge in [-0.2, -0.15) is 18.3 Å². The topological polar surface area (TPSA) is 120 Å². The first kappa shape index (κ1) is 35.1. The molecule has 1 unspecified atom stereocenters. The van der Waals surface area contributed by atoms with Gasteiger partial charge in [0, 0.05) is 75.4 Å². The van der Waals surface area contributed by atoms with Crippen LogP contribution >= 0.6 is 0 Å². The lowest BCUT2D eigenvalue weighted by molar-refractivity contribution is -0.136. The highest BCUT2D eigenvalue weighted by Gasteiger charge is 2.37. The number of urea groups is 2. The van der Waals surface area contributed by atoms with Crippen LogP contribution in [-0.4, -0.2) is 137 Å². The van der Waals surface area contributed by atoms with E-state index in [-0.39, 0.29) is 40.9 Å². The van der Waals surface area contributed by atoms with Crippen LogP contribution in [0.25, 0.3) is 10.9 Å². The van der Waals surface area contributed by atoms with E-state index in [0.29, 0.717) is 64.7 Å². The van der Waals surface area contributed by atoms with Crippen LogP contribution in [0, 0.1) is 0 Å².